The van der Waals surface area contributed by atoms with Gasteiger partial charge >= 0.3 is 0 Å². The Balaban J connectivity index is 1.79. The Morgan fingerprint density at radius 3 is 1.77 bits per heavy atom. The number of aliphatic hydroxyl groups is 1. The number of nitrogens with one attached hydrogen (secondary N) is 10. The number of carbonyl (C=O) groups excluding carboxylic acids is 9. The third-order valence-electron chi connectivity index (χ3n) is 14.0. The van der Waals surface area contributed by atoms with Crippen molar-refractivity contribution >= 4 is 64.1 Å². The average molecular weight is 1140 g/mol. The van der Waals surface area contributed by atoms with Gasteiger partial charge in [-0.15, -0.1) is 0 Å². The van der Waals surface area contributed by atoms with Crippen LogP contribution in [0.3, 0.4) is 0 Å². The number of aromatic amines is 1. The van der Waals surface area contributed by atoms with E-state index in [0.29, 0.717) is 29.5 Å². The van der Waals surface area contributed by atoms with E-state index >= 15 is 0 Å². The molecule has 2 aromatic carbocycles. The summed E-state index contributed by atoms with van der Waals surface area (Å²) in [5, 5.41) is 45.1. The lowest BCUT2D eigenvalue weighted by Gasteiger charge is -2.28. The first-order valence-corrected chi connectivity index (χ1v) is 28.6. The Bertz CT molecular complexity index is 2620. The molecule has 3 aromatic rings. The van der Waals surface area contributed by atoms with Crippen LogP contribution in [0.2, 0.25) is 0 Å². The maximum absolute atomic E-state index is 14.6. The topological polar surface area (TPSA) is 426 Å². The van der Waals surface area contributed by atoms with Gasteiger partial charge < -0.3 is 80.9 Å². The fourth-order valence-electron chi connectivity index (χ4n) is 9.53. The summed E-state index contributed by atoms with van der Waals surface area (Å²) in [6.07, 6.45) is 4.51. The van der Waals surface area contributed by atoms with E-state index in [4.69, 9.17) is 22.9 Å². The van der Waals surface area contributed by atoms with Crippen LogP contribution in [0.1, 0.15) is 121 Å². The number of nitriles is 1. The van der Waals surface area contributed by atoms with E-state index in [1.807, 2.05) is 24.3 Å². The highest BCUT2D eigenvalue weighted by Crippen LogP contribution is 2.20. The molecule has 0 bridgehead atoms. The summed E-state index contributed by atoms with van der Waals surface area (Å²) in [7, 11) is 0. The summed E-state index contributed by atoms with van der Waals surface area (Å²) in [6, 6.07) is 4.56. The lowest BCUT2D eigenvalue weighted by molar-refractivity contribution is -0.136. The molecule has 19 N–H and O–H groups in total. The van der Waals surface area contributed by atoms with Crippen molar-refractivity contribution in [1.82, 2.24) is 52.8 Å². The zero-order chi connectivity index (χ0) is 60.1. The molecule has 450 valence electrons. The van der Waals surface area contributed by atoms with E-state index in [9.17, 15) is 53.5 Å². The van der Waals surface area contributed by atoms with Crippen molar-refractivity contribution in [3.63, 3.8) is 0 Å². The van der Waals surface area contributed by atoms with Crippen molar-refractivity contribution in [3.8, 4) is 6.07 Å². The van der Waals surface area contributed by atoms with Gasteiger partial charge in [-0.2, -0.15) is 5.26 Å². The molecule has 0 spiro atoms. The molecule has 9 atom stereocenters. The quantitative estimate of drug-likeness (QED) is 0.0442. The standard InChI is InChI=1S/C57H87N15O10/c1-4-5-6-7-8-11-38(73)31-49(74)65-41(18-23-58)51(76)69-45-22-27-63-50(75)48(30-37-33-64-40-13-10-9-12-39(37)40)72-54(79)44(21-26-61)66-52(77)42(19-24-59)68-56(81)46(28-34(2)3)70-57(82)47(29-35-14-16-36(32-62)17-15-35)71-53(78)43(20-25-60)67-55(45)80/h9-10,12-17,33-34,38,41-48,64,73H,4-8,11,18-31,58-61H2,1-3H3,(H,63,75)(H,65,74)(H,66,77)(H,67,80)(H,68,81)(H,69,76)(H,70,82)(H,71,78)(H,72,79)/t38-,41-,42+,43+,44+,45+,46+,47-,48+/m1/s1. The minimum Gasteiger partial charge on any atom is -0.393 e. The largest absolute Gasteiger partial charge is 0.393 e. The SMILES string of the molecule is CCCCCCC[C@@H](O)CC(=O)N[C@H](CCN)C(=O)N[C@H]1CCNC(=O)[C@H](Cc2c[nH]c3ccccc23)NC(=O)[C@H](CCN)NC(=O)[C@H](CCN)NC(=O)[C@H](CC(C)C)NC(=O)[C@@H](Cc2ccc(C#N)cc2)NC(=O)[C@H](CCN)NC1=O. The van der Waals surface area contributed by atoms with E-state index in [1.165, 1.54) is 12.1 Å². The Kier molecular flexibility index (Phi) is 28.9. The molecular formula is C57H87N15O10. The van der Waals surface area contributed by atoms with Crippen LogP contribution in [0, 0.1) is 17.2 Å². The van der Waals surface area contributed by atoms with Crippen LogP contribution in [0.4, 0.5) is 0 Å². The highest BCUT2D eigenvalue weighted by Gasteiger charge is 2.36. The predicted octanol–water partition coefficient (Wildman–Crippen LogP) is -1.22. The van der Waals surface area contributed by atoms with Crippen LogP contribution in [0.15, 0.2) is 54.7 Å². The van der Waals surface area contributed by atoms with Crippen LogP contribution in [0.5, 0.6) is 0 Å². The number of unbranched alkanes of at least 4 members (excludes halogenated alkanes) is 4. The normalized spacial score (nSPS) is 21.8. The molecule has 2 heterocycles. The van der Waals surface area contributed by atoms with Crippen LogP contribution in [0.25, 0.3) is 10.9 Å². The third-order valence-corrected chi connectivity index (χ3v) is 14.0. The van der Waals surface area contributed by atoms with Gasteiger partial charge in [-0.25, -0.2) is 0 Å². The number of benzene rings is 2. The van der Waals surface area contributed by atoms with E-state index in [0.717, 1.165) is 36.6 Å². The van der Waals surface area contributed by atoms with Gasteiger partial charge in [0.05, 0.1) is 24.2 Å². The van der Waals surface area contributed by atoms with E-state index in [2.05, 4.69) is 59.8 Å². The lowest BCUT2D eigenvalue weighted by Crippen LogP contribution is -2.61. The van der Waals surface area contributed by atoms with Crippen molar-refractivity contribution in [3.05, 3.63) is 71.4 Å². The molecule has 1 saturated heterocycles. The van der Waals surface area contributed by atoms with E-state index in [1.54, 1.807) is 38.2 Å². The Morgan fingerprint density at radius 1 is 0.659 bits per heavy atom. The summed E-state index contributed by atoms with van der Waals surface area (Å²) >= 11 is 0. The van der Waals surface area contributed by atoms with Crippen molar-refractivity contribution in [2.75, 3.05) is 32.7 Å². The number of amides is 9. The first-order valence-electron chi connectivity index (χ1n) is 28.6. The van der Waals surface area contributed by atoms with Gasteiger partial charge in [0, 0.05) is 36.5 Å². The Labute approximate surface area is 479 Å². The number of hydrogen-bond acceptors (Lipinski definition) is 15. The number of fused-ring (bicyclic) bond motifs is 1. The number of rotatable bonds is 25. The van der Waals surface area contributed by atoms with Crippen molar-refractivity contribution in [2.45, 2.75) is 172 Å². The van der Waals surface area contributed by atoms with E-state index in [-0.39, 0.29) is 96.4 Å². The van der Waals surface area contributed by atoms with Crippen LogP contribution in [-0.2, 0) is 56.0 Å². The fraction of sp³-hybridized carbons (Fsp3) is 0.579. The van der Waals surface area contributed by atoms with Crippen LogP contribution >= 0.6 is 0 Å². The number of aromatic nitrogens is 1. The van der Waals surface area contributed by atoms with Crippen molar-refractivity contribution < 1.29 is 48.3 Å². The predicted molar refractivity (Wildman–Crippen MR) is 308 cm³/mol. The lowest BCUT2D eigenvalue weighted by atomic mass is 9.99. The zero-order valence-electron chi connectivity index (χ0n) is 47.5. The number of nitrogens with zero attached hydrogens (tertiary/aromatic N) is 1. The summed E-state index contributed by atoms with van der Waals surface area (Å²) in [5.74, 6) is -7.44. The molecule has 0 saturated carbocycles. The summed E-state index contributed by atoms with van der Waals surface area (Å²) < 4.78 is 0. The summed E-state index contributed by atoms with van der Waals surface area (Å²) in [6.45, 7) is 4.97. The van der Waals surface area contributed by atoms with E-state index < -0.39 is 108 Å². The maximum atomic E-state index is 14.6. The first kappa shape index (κ1) is 67.0. The average Bonchev–Trinajstić information content (AvgIpc) is 3.87. The Hall–Kier alpha value is -7.50. The smallest absolute Gasteiger partial charge is 0.243 e. The second-order valence-electron chi connectivity index (χ2n) is 21.2. The van der Waals surface area contributed by atoms with Gasteiger partial charge in [0.15, 0.2) is 0 Å². The van der Waals surface area contributed by atoms with Gasteiger partial charge in [0.25, 0.3) is 0 Å². The van der Waals surface area contributed by atoms with Gasteiger partial charge in [0.1, 0.15) is 48.3 Å². The second-order valence-corrected chi connectivity index (χ2v) is 21.2. The molecule has 4 rings (SSSR count). The third kappa shape index (κ3) is 22.1. The summed E-state index contributed by atoms with van der Waals surface area (Å²) in [4.78, 5) is 131. The summed E-state index contributed by atoms with van der Waals surface area (Å²) in [5.41, 5.74) is 26.0. The molecule has 25 heteroatoms. The number of carbonyl (C=O) groups is 9. The van der Waals surface area contributed by atoms with Gasteiger partial charge in [-0.3, -0.25) is 43.2 Å². The Morgan fingerprint density at radius 2 is 1.20 bits per heavy atom. The maximum Gasteiger partial charge on any atom is 0.243 e. The van der Waals surface area contributed by atoms with Crippen molar-refractivity contribution in [1.29, 1.82) is 5.26 Å². The number of nitrogens with two attached hydrogens (primary N) is 4. The molecule has 1 aliphatic heterocycles. The van der Waals surface area contributed by atoms with Crippen molar-refractivity contribution in [2.24, 2.45) is 28.9 Å². The number of hydrogen-bond donors (Lipinski definition) is 15. The molecule has 1 fully saturated rings. The first-order chi connectivity index (χ1) is 39.3. The van der Waals surface area contributed by atoms with Gasteiger partial charge in [0.2, 0.25) is 53.2 Å². The number of aliphatic hydroxyl groups excluding tert-OH is 1. The van der Waals surface area contributed by atoms with Crippen LogP contribution < -0.4 is 70.8 Å². The molecule has 0 radical (unpaired) electrons. The minimum absolute atomic E-state index is 0.0556. The highest BCUT2D eigenvalue weighted by atomic mass is 16.3. The molecule has 1 aliphatic rings. The second kappa shape index (κ2) is 35.4. The molecule has 25 nitrogen and oxygen atoms in total. The number of para-hydroxylation sites is 1. The van der Waals surface area contributed by atoms with Crippen LogP contribution in [-0.4, -0.2) is 150 Å². The fourth-order valence-corrected chi connectivity index (χ4v) is 9.53. The monoisotopic (exact) mass is 1140 g/mol. The number of H-pyrrole nitrogens is 1. The zero-order valence-corrected chi connectivity index (χ0v) is 47.5. The molecule has 0 aliphatic carbocycles. The molecule has 1 aromatic heterocycles. The molecule has 82 heavy (non-hydrogen) atoms. The van der Waals surface area contributed by atoms with Gasteiger partial charge in [-0.1, -0.05) is 83.2 Å². The molecule has 9 amide bonds. The molecule has 0 unspecified atom stereocenters. The highest BCUT2D eigenvalue weighted by molar-refractivity contribution is 5.98. The minimum atomic E-state index is -1.53. The molecular weight excluding hydrogens is 1050 g/mol. The van der Waals surface area contributed by atoms with Gasteiger partial charge in [-0.05, 0) is 106 Å².